The quantitative estimate of drug-likeness (QED) is 0.178. The maximum Gasteiger partial charge on any atom is 0.340 e. The Hall–Kier alpha value is -0.600. The van der Waals surface area contributed by atoms with Crippen LogP contribution in [-0.2, 0) is 14.3 Å². The number of amides is 2. The highest BCUT2D eigenvalue weighted by molar-refractivity contribution is 8.23. The number of methoxy groups -OCH3 is 2. The van der Waals surface area contributed by atoms with E-state index in [0.29, 0.717) is 37.3 Å². The van der Waals surface area contributed by atoms with E-state index in [1.54, 1.807) is 75.6 Å². The fourth-order valence-electron chi connectivity index (χ4n) is 14.1. The summed E-state index contributed by atoms with van der Waals surface area (Å²) < 4.78 is 9.47. The van der Waals surface area contributed by atoms with Crippen molar-refractivity contribution in [1.82, 2.24) is 14.9 Å². The van der Waals surface area contributed by atoms with Crippen LogP contribution in [0.15, 0.2) is 70.4 Å². The Morgan fingerprint density at radius 2 is 0.687 bits per heavy atom. The van der Waals surface area contributed by atoms with Crippen LogP contribution in [0.25, 0.3) is 0 Å². The molecule has 22 heteroatoms. The molecule has 3 aromatic rings. The van der Waals surface area contributed by atoms with E-state index < -0.39 is 17.0 Å². The van der Waals surface area contributed by atoms with Crippen LogP contribution in [0.1, 0.15) is 201 Å². The number of hydroxylamine groups is 2. The van der Waals surface area contributed by atoms with Crippen LogP contribution in [0.3, 0.4) is 0 Å². The van der Waals surface area contributed by atoms with Crippen molar-refractivity contribution in [3.63, 3.8) is 0 Å². The molecule has 13 rings (SSSR count). The molecular formula is C61H73N3O7S12. The molecule has 0 unspecified atom stereocenters. The molecule has 0 radical (unpaired) electrons. The Morgan fingerprint density at radius 1 is 0.410 bits per heavy atom. The van der Waals surface area contributed by atoms with E-state index >= 15 is 9.59 Å². The van der Waals surface area contributed by atoms with Gasteiger partial charge in [-0.3, -0.25) is 9.59 Å². The van der Waals surface area contributed by atoms with E-state index in [2.05, 4.69) is 89.2 Å². The number of esters is 2. The van der Waals surface area contributed by atoms with Crippen LogP contribution in [0.2, 0.25) is 0 Å². The third kappa shape index (κ3) is 10.2. The fourth-order valence-corrected chi connectivity index (χ4v) is 32.0. The largest absolute Gasteiger partial charge is 0.465 e. The molecule has 1 N–H and O–H groups in total. The molecular weight excluding hydrogens is 1270 g/mol. The number of rotatable bonds is 7. The van der Waals surface area contributed by atoms with Gasteiger partial charge in [-0.1, -0.05) is 44.6 Å². The minimum atomic E-state index is -0.653. The van der Waals surface area contributed by atoms with Crippen molar-refractivity contribution in [1.29, 1.82) is 0 Å². The first-order chi connectivity index (χ1) is 38.9. The predicted octanol–water partition coefficient (Wildman–Crippen LogP) is 18.4. The van der Waals surface area contributed by atoms with Crippen molar-refractivity contribution in [2.45, 2.75) is 248 Å². The van der Waals surface area contributed by atoms with E-state index in [1.165, 1.54) is 30.9 Å². The maximum atomic E-state index is 16.2. The first-order valence-corrected chi connectivity index (χ1v) is 38.7. The number of hydrogen-bond acceptors (Lipinski definition) is 20. The Kier molecular flexibility index (Phi) is 15.7. The highest BCUT2D eigenvalue weighted by Gasteiger charge is 2.59. The zero-order valence-electron chi connectivity index (χ0n) is 49.7. The zero-order valence-corrected chi connectivity index (χ0v) is 59.5. The summed E-state index contributed by atoms with van der Waals surface area (Å²) >= 11 is 21.7. The molecule has 2 amide bonds. The Bertz CT molecular complexity index is 3160. The number of piperazine rings is 1. The first kappa shape index (κ1) is 61.3. The summed E-state index contributed by atoms with van der Waals surface area (Å²) in [6.07, 6.45) is 11.9. The first-order valence-electron chi connectivity index (χ1n) is 28.9. The molecule has 83 heavy (non-hydrogen) atoms. The minimum absolute atomic E-state index is 0.00840. The van der Waals surface area contributed by atoms with Crippen molar-refractivity contribution in [3.8, 4) is 0 Å². The van der Waals surface area contributed by atoms with Crippen molar-refractivity contribution in [3.05, 3.63) is 45.0 Å². The lowest BCUT2D eigenvalue weighted by Crippen LogP contribution is -2.58. The summed E-state index contributed by atoms with van der Waals surface area (Å²) in [5.41, 5.74) is 5.28. The van der Waals surface area contributed by atoms with Gasteiger partial charge in [0.05, 0.1) is 66.5 Å². The van der Waals surface area contributed by atoms with E-state index in [4.69, 9.17) is 9.47 Å². The summed E-state index contributed by atoms with van der Waals surface area (Å²) in [5.74, 6) is -1.02. The van der Waals surface area contributed by atoms with E-state index in [0.717, 1.165) is 134 Å². The molecule has 0 bridgehead atoms. The lowest BCUT2D eigenvalue weighted by atomic mass is 9.76. The van der Waals surface area contributed by atoms with Gasteiger partial charge >= 0.3 is 11.9 Å². The maximum absolute atomic E-state index is 16.2. The normalized spacial score (nSPS) is 24.8. The zero-order chi connectivity index (χ0) is 59.1. The lowest BCUT2D eigenvalue weighted by Gasteiger charge is -2.48. The van der Waals surface area contributed by atoms with Gasteiger partial charge in [0.15, 0.2) is 0 Å². The summed E-state index contributed by atoms with van der Waals surface area (Å²) in [4.78, 5) is 76.7. The van der Waals surface area contributed by atoms with Gasteiger partial charge in [-0.2, -0.15) is 5.06 Å². The molecule has 8 aliphatic heterocycles. The Morgan fingerprint density at radius 3 is 1.00 bits per heavy atom. The number of nitrogens with zero attached hydrogens (tertiary/aromatic N) is 3. The average Bonchev–Trinajstić information content (AvgIpc) is 1.68. The van der Waals surface area contributed by atoms with Gasteiger partial charge in [0.2, 0.25) is 0 Å². The van der Waals surface area contributed by atoms with Gasteiger partial charge in [-0.25, -0.2) is 9.59 Å². The number of thioether (sulfide) groups is 12. The van der Waals surface area contributed by atoms with E-state index in [9.17, 15) is 14.8 Å². The van der Waals surface area contributed by atoms with E-state index in [-0.39, 0.29) is 48.2 Å². The SMILES string of the molecule is COC(=O)c1c2c(c(C(c3c4c(c(C(=O)OC)c5c3SC(C)(C)S5)SC(C)(C)S4)c3c4c(c(C(=O)N5CCN(C(=O)C6=CC7(CCCCC7)N(O)C67CCCCC7)CC5)c5c3SC(C)(C)S5)SC(C)(C)S4)c3c1SC(C)(C)S3)SC(C)(C)S2. The predicted molar refractivity (Wildman–Crippen MR) is 354 cm³/mol. The van der Waals surface area contributed by atoms with Crippen LogP contribution < -0.4 is 0 Å². The van der Waals surface area contributed by atoms with Crippen LogP contribution in [0, 0.1) is 0 Å². The third-order valence-electron chi connectivity index (χ3n) is 17.3. The molecule has 2 spiro atoms. The standard InChI is InChI=1S/C61H73N3O7S12/c1-54(2)72-38-32(39-45(79-55(3,4)73-39)35(44(38)78-54)51(66)63-27-25-62(26-28-63)50(65)30-29-60(21-17-15-18-22-60)64(69)61(30)23-19-16-20-24-61)31(33-40-46(80-56(5,6)74-40)36(52(67)70-13)47-41(33)75-57(7,8)81-47)34-42-48(82-58(9,10)76-42)37(53(68)71-14)49-43(34)77-59(11,12)83-49/h29,31,69H,15-28H2,1-14H3. The number of hydrogen-bond donors (Lipinski definition) is 1. The number of carbonyl (C=O) groups is 4. The molecule has 0 aromatic heterocycles. The lowest BCUT2D eigenvalue weighted by molar-refractivity contribution is -0.220. The molecule has 3 fully saturated rings. The van der Waals surface area contributed by atoms with Crippen LogP contribution in [-0.4, -0.2) is 120 Å². The van der Waals surface area contributed by atoms with E-state index in [1.807, 2.05) is 80.4 Å². The molecule has 8 heterocycles. The monoisotopic (exact) mass is 1340 g/mol. The van der Waals surface area contributed by atoms with Crippen LogP contribution in [0.4, 0.5) is 0 Å². The Balaban J connectivity index is 1.02. The molecule has 0 atom stereocenters. The third-order valence-corrected chi connectivity index (χ3v) is 34.4. The molecule has 2 aliphatic carbocycles. The van der Waals surface area contributed by atoms with Crippen molar-refractivity contribution in [2.24, 2.45) is 0 Å². The van der Waals surface area contributed by atoms with Gasteiger partial charge < -0.3 is 24.5 Å². The average molecular weight is 1350 g/mol. The molecule has 446 valence electrons. The van der Waals surface area contributed by atoms with Gasteiger partial charge in [0, 0.05) is 96.4 Å². The molecule has 10 aliphatic rings. The minimum Gasteiger partial charge on any atom is -0.465 e. The second-order valence-electron chi connectivity index (χ2n) is 26.1. The number of ether oxygens (including phenoxy) is 2. The van der Waals surface area contributed by atoms with Gasteiger partial charge in [0.25, 0.3) is 11.8 Å². The highest BCUT2D eigenvalue weighted by Crippen LogP contribution is 2.75. The van der Waals surface area contributed by atoms with Crippen molar-refractivity contribution >= 4 is 165 Å². The molecule has 2 saturated carbocycles. The fraction of sp³-hybridized carbons (Fsp3) is 0.607. The molecule has 3 aromatic carbocycles. The van der Waals surface area contributed by atoms with Gasteiger partial charge in [-0.05, 0) is 125 Å². The van der Waals surface area contributed by atoms with Crippen LogP contribution in [0.5, 0.6) is 0 Å². The Labute approximate surface area is 541 Å². The summed E-state index contributed by atoms with van der Waals surface area (Å²) in [7, 11) is 2.99. The van der Waals surface area contributed by atoms with Crippen molar-refractivity contribution < 1.29 is 33.9 Å². The second-order valence-corrected chi connectivity index (χ2v) is 47.2. The summed E-state index contributed by atoms with van der Waals surface area (Å²) in [5, 5.41) is 13.8. The topological polar surface area (TPSA) is 117 Å². The van der Waals surface area contributed by atoms with Crippen molar-refractivity contribution in [2.75, 3.05) is 40.4 Å². The summed E-state index contributed by atoms with van der Waals surface area (Å²) in [6.45, 7) is 28.9. The number of carbonyl (C=O) groups excluding carboxylic acids is 4. The highest BCUT2D eigenvalue weighted by atomic mass is 32.2. The summed E-state index contributed by atoms with van der Waals surface area (Å²) in [6, 6.07) is 0. The van der Waals surface area contributed by atoms with Gasteiger partial charge in [0.1, 0.15) is 0 Å². The number of fused-ring (bicyclic) bond motifs is 6. The smallest absolute Gasteiger partial charge is 0.340 e. The number of benzene rings is 3. The molecule has 1 saturated heterocycles. The van der Waals surface area contributed by atoms with Crippen LogP contribution >= 0.6 is 141 Å². The molecule has 10 nitrogen and oxygen atoms in total. The van der Waals surface area contributed by atoms with Gasteiger partial charge in [-0.15, -0.1) is 141 Å². The second kappa shape index (κ2) is 21.2.